The van der Waals surface area contributed by atoms with Crippen LogP contribution in [0.25, 0.3) is 0 Å². The second kappa shape index (κ2) is 6.31. The first-order valence-electron chi connectivity index (χ1n) is 6.34. The minimum Gasteiger partial charge on any atom is -0.485 e. The van der Waals surface area contributed by atoms with Crippen molar-refractivity contribution in [2.75, 3.05) is 0 Å². The van der Waals surface area contributed by atoms with Gasteiger partial charge in [-0.3, -0.25) is 10.1 Å². The topological polar surface area (TPSA) is 112 Å². The number of rotatable bonds is 6. The number of nitro benzene ring substituents is 1. The van der Waals surface area contributed by atoms with E-state index in [1.807, 2.05) is 13.8 Å². The molecule has 0 aliphatic heterocycles. The lowest BCUT2D eigenvalue weighted by atomic mass is 10.2. The lowest BCUT2D eigenvalue weighted by Gasteiger charge is -2.07. The van der Waals surface area contributed by atoms with E-state index in [0.29, 0.717) is 23.0 Å². The predicted octanol–water partition coefficient (Wildman–Crippen LogP) is 2.17. The van der Waals surface area contributed by atoms with Crippen molar-refractivity contribution in [3.8, 4) is 5.75 Å². The maximum absolute atomic E-state index is 10.7. The van der Waals surface area contributed by atoms with Crippen molar-refractivity contribution in [3.63, 3.8) is 0 Å². The Balaban J connectivity index is 2.10. The molecule has 0 saturated heterocycles. The van der Waals surface area contributed by atoms with E-state index in [-0.39, 0.29) is 24.8 Å². The molecule has 0 unspecified atom stereocenters. The van der Waals surface area contributed by atoms with Gasteiger partial charge in [-0.1, -0.05) is 19.0 Å². The molecule has 2 rings (SSSR count). The standard InChI is InChI=1S/C13H15N3O5/c1-8(2)13-14-12(15-21-13)7-20-11-4-3-10(16(18)19)5-9(11)6-17/h3-5,8,17H,6-7H2,1-2H3. The summed E-state index contributed by atoms with van der Waals surface area (Å²) < 4.78 is 10.5. The summed E-state index contributed by atoms with van der Waals surface area (Å²) in [5.41, 5.74) is 0.227. The van der Waals surface area contributed by atoms with Crippen LogP contribution in [0.2, 0.25) is 0 Å². The Morgan fingerprint density at radius 3 is 2.81 bits per heavy atom. The van der Waals surface area contributed by atoms with Gasteiger partial charge in [-0.2, -0.15) is 4.98 Å². The van der Waals surface area contributed by atoms with Crippen molar-refractivity contribution in [2.24, 2.45) is 0 Å². The lowest BCUT2D eigenvalue weighted by molar-refractivity contribution is -0.385. The fourth-order valence-corrected chi connectivity index (χ4v) is 1.65. The van der Waals surface area contributed by atoms with Crippen molar-refractivity contribution < 1.29 is 19.3 Å². The molecule has 1 aromatic carbocycles. The molecule has 0 aliphatic carbocycles. The zero-order chi connectivity index (χ0) is 15.4. The van der Waals surface area contributed by atoms with Gasteiger partial charge in [0, 0.05) is 23.6 Å². The Hall–Kier alpha value is -2.48. The Bertz CT molecular complexity index is 638. The Morgan fingerprint density at radius 1 is 1.48 bits per heavy atom. The highest BCUT2D eigenvalue weighted by molar-refractivity contribution is 5.43. The molecule has 8 nitrogen and oxygen atoms in total. The predicted molar refractivity (Wildman–Crippen MR) is 71.7 cm³/mol. The summed E-state index contributed by atoms with van der Waals surface area (Å²) >= 11 is 0. The normalized spacial score (nSPS) is 10.9. The van der Waals surface area contributed by atoms with Gasteiger partial charge in [-0.15, -0.1) is 0 Å². The third-order valence-electron chi connectivity index (χ3n) is 2.76. The molecule has 1 heterocycles. The van der Waals surface area contributed by atoms with E-state index in [0.717, 1.165) is 0 Å². The van der Waals surface area contributed by atoms with Gasteiger partial charge in [-0.05, 0) is 6.07 Å². The molecule has 0 fully saturated rings. The maximum atomic E-state index is 10.7. The Labute approximate surface area is 120 Å². The molecule has 0 saturated carbocycles. The third kappa shape index (κ3) is 3.54. The molecule has 112 valence electrons. The molecule has 2 aromatic rings. The summed E-state index contributed by atoms with van der Waals surface area (Å²) in [7, 11) is 0. The van der Waals surface area contributed by atoms with Crippen LogP contribution in [0.4, 0.5) is 5.69 Å². The quantitative estimate of drug-likeness (QED) is 0.641. The third-order valence-corrected chi connectivity index (χ3v) is 2.76. The van der Waals surface area contributed by atoms with Crippen LogP contribution in [0.1, 0.15) is 37.0 Å². The van der Waals surface area contributed by atoms with Crippen molar-refractivity contribution in [1.29, 1.82) is 0 Å². The minimum atomic E-state index is -0.531. The first-order chi connectivity index (χ1) is 10.0. The fourth-order valence-electron chi connectivity index (χ4n) is 1.65. The van der Waals surface area contributed by atoms with Crippen LogP contribution >= 0.6 is 0 Å². The molecule has 0 aliphatic rings. The van der Waals surface area contributed by atoms with Gasteiger partial charge < -0.3 is 14.4 Å². The van der Waals surface area contributed by atoms with Crippen LogP contribution in [0.3, 0.4) is 0 Å². The largest absolute Gasteiger partial charge is 0.485 e. The van der Waals surface area contributed by atoms with E-state index in [9.17, 15) is 15.2 Å². The summed E-state index contributed by atoms with van der Waals surface area (Å²) in [6.45, 7) is 3.55. The summed E-state index contributed by atoms with van der Waals surface area (Å²) in [5.74, 6) is 1.36. The molecular formula is C13H15N3O5. The number of hydrogen-bond donors (Lipinski definition) is 1. The molecule has 0 amide bonds. The van der Waals surface area contributed by atoms with Crippen LogP contribution in [0, 0.1) is 10.1 Å². The van der Waals surface area contributed by atoms with Gasteiger partial charge >= 0.3 is 0 Å². The first-order valence-corrected chi connectivity index (χ1v) is 6.34. The molecule has 1 N–H and O–H groups in total. The summed E-state index contributed by atoms with van der Waals surface area (Å²) in [5, 5.41) is 23.7. The number of aromatic nitrogens is 2. The van der Waals surface area contributed by atoms with Gasteiger partial charge in [0.1, 0.15) is 5.75 Å². The van der Waals surface area contributed by atoms with Crippen LogP contribution in [-0.2, 0) is 13.2 Å². The van der Waals surface area contributed by atoms with Crippen LogP contribution in [0.5, 0.6) is 5.75 Å². The highest BCUT2D eigenvalue weighted by Gasteiger charge is 2.13. The lowest BCUT2D eigenvalue weighted by Crippen LogP contribution is -2.01. The molecule has 0 radical (unpaired) electrons. The molecule has 21 heavy (non-hydrogen) atoms. The summed E-state index contributed by atoms with van der Waals surface area (Å²) in [6, 6.07) is 4.02. The number of non-ortho nitro benzene ring substituents is 1. The van der Waals surface area contributed by atoms with Crippen molar-refractivity contribution in [1.82, 2.24) is 10.1 Å². The monoisotopic (exact) mass is 293 g/mol. The minimum absolute atomic E-state index is 0.0566. The van der Waals surface area contributed by atoms with Gasteiger partial charge in [0.2, 0.25) is 11.7 Å². The molecule has 8 heteroatoms. The van der Waals surface area contributed by atoms with Gasteiger partial charge in [-0.25, -0.2) is 0 Å². The Morgan fingerprint density at radius 2 is 2.24 bits per heavy atom. The average Bonchev–Trinajstić information content (AvgIpc) is 2.93. The van der Waals surface area contributed by atoms with E-state index in [1.165, 1.54) is 18.2 Å². The first kappa shape index (κ1) is 14.9. The van der Waals surface area contributed by atoms with Crippen LogP contribution in [-0.4, -0.2) is 20.2 Å². The molecular weight excluding hydrogens is 278 g/mol. The number of benzene rings is 1. The van der Waals surface area contributed by atoms with Crippen LogP contribution in [0.15, 0.2) is 22.7 Å². The smallest absolute Gasteiger partial charge is 0.270 e. The molecule has 1 aromatic heterocycles. The number of aliphatic hydroxyl groups is 1. The number of ether oxygens (including phenoxy) is 1. The SMILES string of the molecule is CC(C)c1nc(COc2ccc([N+](=O)[O-])cc2CO)no1. The zero-order valence-corrected chi connectivity index (χ0v) is 11.6. The van der Waals surface area contributed by atoms with E-state index < -0.39 is 4.92 Å². The second-order valence-corrected chi connectivity index (χ2v) is 4.70. The highest BCUT2D eigenvalue weighted by atomic mass is 16.6. The van der Waals surface area contributed by atoms with E-state index in [1.54, 1.807) is 0 Å². The maximum Gasteiger partial charge on any atom is 0.270 e. The van der Waals surface area contributed by atoms with Crippen molar-refractivity contribution in [3.05, 3.63) is 45.6 Å². The van der Waals surface area contributed by atoms with Gasteiger partial charge in [0.15, 0.2) is 6.61 Å². The molecule has 0 atom stereocenters. The average molecular weight is 293 g/mol. The van der Waals surface area contributed by atoms with E-state index in [4.69, 9.17) is 9.26 Å². The van der Waals surface area contributed by atoms with Crippen molar-refractivity contribution in [2.45, 2.75) is 33.0 Å². The number of nitrogens with zero attached hydrogens (tertiary/aromatic N) is 3. The molecule has 0 bridgehead atoms. The van der Waals surface area contributed by atoms with E-state index >= 15 is 0 Å². The summed E-state index contributed by atoms with van der Waals surface area (Å²) in [4.78, 5) is 14.3. The van der Waals surface area contributed by atoms with E-state index in [2.05, 4.69) is 10.1 Å². The molecule has 0 spiro atoms. The second-order valence-electron chi connectivity index (χ2n) is 4.70. The van der Waals surface area contributed by atoms with Crippen LogP contribution < -0.4 is 4.74 Å². The summed E-state index contributed by atoms with van der Waals surface area (Å²) in [6.07, 6.45) is 0. The van der Waals surface area contributed by atoms with Gasteiger partial charge in [0.05, 0.1) is 11.5 Å². The van der Waals surface area contributed by atoms with Crippen molar-refractivity contribution >= 4 is 5.69 Å². The number of aliphatic hydroxyl groups excluding tert-OH is 1. The number of nitro groups is 1. The highest BCUT2D eigenvalue weighted by Crippen LogP contribution is 2.25. The Kier molecular flexibility index (Phi) is 4.49. The zero-order valence-electron chi connectivity index (χ0n) is 11.6. The van der Waals surface area contributed by atoms with Gasteiger partial charge in [0.25, 0.3) is 5.69 Å². The fraction of sp³-hybridized carbons (Fsp3) is 0.385. The number of hydrogen-bond acceptors (Lipinski definition) is 7.